The first-order valence-electron chi connectivity index (χ1n) is 21.6. The van der Waals surface area contributed by atoms with Gasteiger partial charge in [0.1, 0.15) is 11.3 Å². The van der Waals surface area contributed by atoms with Crippen LogP contribution in [-0.4, -0.2) is 21.9 Å². The summed E-state index contributed by atoms with van der Waals surface area (Å²) >= 11 is 0. The van der Waals surface area contributed by atoms with Crippen LogP contribution in [0.15, 0.2) is 120 Å². The molecule has 0 aliphatic heterocycles. The summed E-state index contributed by atoms with van der Waals surface area (Å²) in [7, 11) is 2.08. The maximum Gasteiger partial charge on any atom is 0.403 e. The number of halogens is 6. The molecule has 10 heteroatoms. The first-order chi connectivity index (χ1) is 29.8. The average Bonchev–Trinajstić information content (AvgIpc) is 3.76. The number of alkyl halides is 6. The molecule has 0 radical (unpaired) electrons. The van der Waals surface area contributed by atoms with Crippen LogP contribution in [0.1, 0.15) is 94.7 Å². The quantitative estimate of drug-likeness (QED) is 0.118. The Hall–Kier alpha value is -5.90. The number of pyridine rings is 1. The minimum atomic E-state index is -5.44. The molecule has 4 nitrogen and oxygen atoms in total. The molecule has 1 saturated carbocycles. The van der Waals surface area contributed by atoms with E-state index in [-0.39, 0.29) is 11.8 Å². The van der Waals surface area contributed by atoms with Crippen molar-refractivity contribution in [3.05, 3.63) is 138 Å². The molecule has 1 aliphatic rings. The lowest BCUT2D eigenvalue weighted by atomic mass is 9.68. The molecule has 5 aromatic carbocycles. The van der Waals surface area contributed by atoms with Gasteiger partial charge in [-0.15, -0.1) is 0 Å². The smallest absolute Gasteiger partial charge is 0.403 e. The molecule has 0 atom stereocenters. The second-order valence-corrected chi connectivity index (χ2v) is 17.4. The highest BCUT2D eigenvalue weighted by Crippen LogP contribution is 2.60. The van der Waals surface area contributed by atoms with Gasteiger partial charge in [0.25, 0.3) is 5.82 Å². The summed E-state index contributed by atoms with van der Waals surface area (Å²) in [5, 5.41) is 1.89. The Morgan fingerprint density at radius 2 is 1.32 bits per heavy atom. The Bertz CT molecular complexity index is 2980. The molecule has 3 aromatic heterocycles. The van der Waals surface area contributed by atoms with E-state index in [1.165, 1.54) is 0 Å². The van der Waals surface area contributed by atoms with Gasteiger partial charge in [0.2, 0.25) is 5.71 Å². The zero-order valence-electron chi connectivity index (χ0n) is 36.5. The van der Waals surface area contributed by atoms with Gasteiger partial charge in [-0.25, -0.2) is 9.55 Å². The van der Waals surface area contributed by atoms with Crippen LogP contribution in [0.4, 0.5) is 26.3 Å². The van der Waals surface area contributed by atoms with E-state index in [9.17, 15) is 26.3 Å². The van der Waals surface area contributed by atoms with E-state index in [1.807, 2.05) is 60.7 Å². The van der Waals surface area contributed by atoms with Crippen molar-refractivity contribution < 1.29 is 36.7 Å². The van der Waals surface area contributed by atoms with Crippen molar-refractivity contribution in [3.8, 4) is 39.5 Å². The SMILES string of the molecule is [2H]C1(c2ccc(-c3cc(C(C)C)c(-n4c(-c5c(C)ccc6c5oc5nc(-c7ccccc7)ccc56)[n+](C)c5ccccc54)c(C(C)C)c3)cc2)CCC(C(F)(F)F)(C(F)(F)F)CC1. The van der Waals surface area contributed by atoms with Crippen molar-refractivity contribution in [2.75, 3.05) is 0 Å². The van der Waals surface area contributed by atoms with E-state index in [4.69, 9.17) is 10.8 Å². The fourth-order valence-electron chi connectivity index (χ4n) is 9.57. The third kappa shape index (κ3) is 6.68. The molecule has 0 saturated heterocycles. The number of benzene rings is 5. The minimum absolute atomic E-state index is 0.0565. The van der Waals surface area contributed by atoms with Gasteiger partial charge in [-0.2, -0.15) is 30.9 Å². The zero-order valence-corrected chi connectivity index (χ0v) is 35.5. The van der Waals surface area contributed by atoms with Gasteiger partial charge in [0, 0.05) is 28.8 Å². The largest absolute Gasteiger partial charge is 0.437 e. The highest BCUT2D eigenvalue weighted by Gasteiger charge is 2.70. The van der Waals surface area contributed by atoms with Crippen molar-refractivity contribution in [2.24, 2.45) is 12.5 Å². The van der Waals surface area contributed by atoms with Crippen LogP contribution in [0, 0.1) is 12.3 Å². The number of aromatic nitrogens is 3. The van der Waals surface area contributed by atoms with E-state index in [0.717, 1.165) is 83.5 Å². The predicted molar refractivity (Wildman–Crippen MR) is 234 cm³/mol. The van der Waals surface area contributed by atoms with Crippen LogP contribution in [-0.2, 0) is 7.05 Å². The Kier molecular flexibility index (Phi) is 9.83. The van der Waals surface area contributed by atoms with Crippen molar-refractivity contribution in [1.29, 1.82) is 0 Å². The standard InChI is InChI=1S/C52H48F6N3O/c1-30(2)40-28-37(34-19-17-33(18-20-34)35-24-26-50(27-25-35,51(53,54)55)52(56,57)58)29-41(31(3)4)46(40)61-44-15-11-10-14-43(44)60(6)49(61)45-32(5)16-21-38-39-22-23-42(36-12-8-7-9-13-36)59-48(39)62-47(38)45/h7-23,28-31,35H,24-27H2,1-6H3/q+1/i35D. The van der Waals surface area contributed by atoms with Gasteiger partial charge < -0.3 is 4.42 Å². The van der Waals surface area contributed by atoms with Crippen LogP contribution in [0.5, 0.6) is 0 Å². The fourth-order valence-corrected chi connectivity index (χ4v) is 9.57. The number of rotatable bonds is 7. The summed E-state index contributed by atoms with van der Waals surface area (Å²) < 4.78 is 104. The minimum Gasteiger partial charge on any atom is -0.437 e. The van der Waals surface area contributed by atoms with E-state index >= 15 is 0 Å². The molecular weight excluding hydrogens is 797 g/mol. The Labute approximate surface area is 358 Å². The van der Waals surface area contributed by atoms with Gasteiger partial charge in [0.15, 0.2) is 22.0 Å². The Balaban J connectivity index is 1.18. The first-order valence-corrected chi connectivity index (χ1v) is 21.1. The summed E-state index contributed by atoms with van der Waals surface area (Å²) in [6.07, 6.45) is -14.3. The molecule has 8 aromatic rings. The van der Waals surface area contributed by atoms with Crippen molar-refractivity contribution in [2.45, 2.75) is 90.4 Å². The number of hydrogen-bond acceptors (Lipinski definition) is 2. The zero-order chi connectivity index (χ0) is 44.8. The number of fused-ring (bicyclic) bond motifs is 4. The lowest BCUT2D eigenvalue weighted by Gasteiger charge is -2.42. The number of hydrogen-bond donors (Lipinski definition) is 0. The van der Waals surface area contributed by atoms with Crippen LogP contribution in [0.25, 0.3) is 72.6 Å². The van der Waals surface area contributed by atoms with E-state index in [2.05, 4.69) is 93.3 Å². The second kappa shape index (κ2) is 15.2. The molecule has 0 N–H and O–H groups in total. The maximum absolute atomic E-state index is 13.9. The molecule has 0 amide bonds. The normalized spacial score (nSPS) is 15.9. The average molecular weight is 846 g/mol. The van der Waals surface area contributed by atoms with E-state index in [0.29, 0.717) is 11.3 Å². The molecule has 318 valence electrons. The van der Waals surface area contributed by atoms with Crippen LogP contribution in [0.2, 0.25) is 0 Å². The monoisotopic (exact) mass is 845 g/mol. The molecule has 1 fully saturated rings. The molecule has 0 unspecified atom stereocenters. The molecular formula is C52H48F6N3O+. The lowest BCUT2D eigenvalue weighted by molar-refractivity contribution is -0.633. The molecule has 0 spiro atoms. The van der Waals surface area contributed by atoms with Gasteiger partial charge in [-0.05, 0) is 109 Å². The lowest BCUT2D eigenvalue weighted by Crippen LogP contribution is -2.51. The molecule has 3 heterocycles. The molecule has 0 bridgehead atoms. The highest BCUT2D eigenvalue weighted by molar-refractivity contribution is 6.09. The summed E-state index contributed by atoms with van der Waals surface area (Å²) in [6, 6.07) is 38.1. The highest BCUT2D eigenvalue weighted by atomic mass is 19.4. The topological polar surface area (TPSA) is 34.8 Å². The van der Waals surface area contributed by atoms with Crippen LogP contribution in [0.3, 0.4) is 0 Å². The third-order valence-corrected chi connectivity index (χ3v) is 13.1. The van der Waals surface area contributed by atoms with Crippen molar-refractivity contribution >= 4 is 33.1 Å². The first kappa shape index (κ1) is 40.2. The van der Waals surface area contributed by atoms with Crippen molar-refractivity contribution in [3.63, 3.8) is 0 Å². The summed E-state index contributed by atoms with van der Waals surface area (Å²) in [6.45, 7) is 10.8. The number of furan rings is 1. The van der Waals surface area contributed by atoms with Crippen LogP contribution >= 0.6 is 0 Å². The summed E-state index contributed by atoms with van der Waals surface area (Å²) in [5.41, 5.74) is 8.75. The Morgan fingerprint density at radius 1 is 0.726 bits per heavy atom. The fraction of sp³-hybridized carbons (Fsp3) is 0.308. The van der Waals surface area contributed by atoms with Gasteiger partial charge in [0.05, 0.1) is 12.7 Å². The van der Waals surface area contributed by atoms with Crippen LogP contribution < -0.4 is 4.57 Å². The maximum atomic E-state index is 13.9. The number of para-hydroxylation sites is 2. The summed E-state index contributed by atoms with van der Waals surface area (Å²) in [5.74, 6) is -0.519. The number of aryl methyl sites for hydroxylation is 2. The summed E-state index contributed by atoms with van der Waals surface area (Å²) in [4.78, 5) is 4.99. The van der Waals surface area contributed by atoms with Gasteiger partial charge in [-0.3, -0.25) is 0 Å². The second-order valence-electron chi connectivity index (χ2n) is 17.4. The third-order valence-electron chi connectivity index (χ3n) is 13.1. The van der Waals surface area contributed by atoms with Crippen molar-refractivity contribution in [1.82, 2.24) is 9.55 Å². The predicted octanol–water partition coefficient (Wildman–Crippen LogP) is 15.1. The van der Waals surface area contributed by atoms with E-state index < -0.39 is 49.3 Å². The van der Waals surface area contributed by atoms with Gasteiger partial charge >= 0.3 is 12.4 Å². The number of imidazole rings is 1. The molecule has 62 heavy (non-hydrogen) atoms. The molecule has 9 rings (SSSR count). The van der Waals surface area contributed by atoms with E-state index in [1.54, 1.807) is 12.1 Å². The number of nitrogens with zero attached hydrogens (tertiary/aromatic N) is 3. The molecule has 1 aliphatic carbocycles. The van der Waals surface area contributed by atoms with Gasteiger partial charge in [-0.1, -0.05) is 107 Å². The Morgan fingerprint density at radius 3 is 1.94 bits per heavy atom.